The molecule has 0 fully saturated rings. The monoisotopic (exact) mass is 502 g/mol. The van der Waals surface area contributed by atoms with Crippen LogP contribution in [0.3, 0.4) is 0 Å². The van der Waals surface area contributed by atoms with Crippen molar-refractivity contribution >= 4 is 33.5 Å². The Kier molecular flexibility index (Phi) is 6.22. The lowest BCUT2D eigenvalue weighted by Crippen LogP contribution is -2.20. The zero-order valence-electron chi connectivity index (χ0n) is 20.5. The van der Waals surface area contributed by atoms with Crippen LogP contribution in [0, 0.1) is 12.7 Å². The Morgan fingerprint density at radius 1 is 0.865 bits per heavy atom. The van der Waals surface area contributed by atoms with Gasteiger partial charge in [-0.25, -0.2) is 19.2 Å². The fourth-order valence-electron chi connectivity index (χ4n) is 4.11. The zero-order chi connectivity index (χ0) is 26.1. The third kappa shape index (κ3) is 4.33. The van der Waals surface area contributed by atoms with Crippen LogP contribution < -0.4 is 24.3 Å². The summed E-state index contributed by atoms with van der Waals surface area (Å²) in [6.07, 6.45) is 1.32. The Morgan fingerprint density at radius 2 is 1.59 bits per heavy atom. The Morgan fingerprint density at radius 3 is 2.30 bits per heavy atom. The number of aryl methyl sites for hydroxylation is 1. The quantitative estimate of drug-likeness (QED) is 0.307. The van der Waals surface area contributed by atoms with Gasteiger partial charge in [-0.3, -0.25) is 4.57 Å². The van der Waals surface area contributed by atoms with Crippen molar-refractivity contribution in [2.24, 2.45) is 0 Å². The van der Waals surface area contributed by atoms with Crippen molar-refractivity contribution in [3.63, 3.8) is 0 Å². The summed E-state index contributed by atoms with van der Waals surface area (Å²) in [6, 6.07) is 14.5. The number of fused-ring (bicyclic) bond motifs is 2. The van der Waals surface area contributed by atoms with Crippen LogP contribution in [0.1, 0.15) is 5.69 Å². The van der Waals surface area contributed by atoms with Gasteiger partial charge in [-0.1, -0.05) is 0 Å². The van der Waals surface area contributed by atoms with Crippen molar-refractivity contribution in [1.29, 1.82) is 0 Å². The zero-order valence-corrected chi connectivity index (χ0v) is 20.5. The fraction of sp³-hybridized carbons (Fsp3) is 0.148. The summed E-state index contributed by atoms with van der Waals surface area (Å²) in [5, 5.41) is 3.57. The number of hydrogen-bond donors (Lipinski definition) is 1. The van der Waals surface area contributed by atoms with Crippen LogP contribution in [0.25, 0.3) is 21.8 Å². The van der Waals surface area contributed by atoms with Crippen LogP contribution >= 0.6 is 0 Å². The Balaban J connectivity index is 1.49. The van der Waals surface area contributed by atoms with Crippen molar-refractivity contribution in [3.8, 4) is 28.9 Å². The van der Waals surface area contributed by atoms with Gasteiger partial charge in [0.25, 0.3) is 0 Å². The lowest BCUT2D eigenvalue weighted by atomic mass is 10.2. The first-order chi connectivity index (χ1) is 17.9. The second kappa shape index (κ2) is 9.65. The molecule has 188 valence electrons. The molecule has 0 unspecified atom stereocenters. The maximum Gasteiger partial charge on any atom is 0.330 e. The molecule has 2 heterocycles. The molecule has 0 aliphatic rings. The van der Waals surface area contributed by atoms with E-state index < -0.39 is 11.8 Å². The van der Waals surface area contributed by atoms with Gasteiger partial charge in [0, 0.05) is 22.8 Å². The van der Waals surface area contributed by atoms with Crippen molar-refractivity contribution in [3.05, 3.63) is 72.4 Å². The van der Waals surface area contributed by atoms with E-state index in [-0.39, 0.29) is 17.0 Å². The van der Waals surface area contributed by atoms with Gasteiger partial charge < -0.3 is 24.3 Å². The predicted molar refractivity (Wildman–Crippen MR) is 137 cm³/mol. The second-order valence-electron chi connectivity index (χ2n) is 8.10. The van der Waals surface area contributed by atoms with Crippen LogP contribution in [-0.2, 0) is 0 Å². The molecule has 10 heteroatoms. The molecule has 0 saturated carbocycles. The van der Waals surface area contributed by atoms with E-state index in [4.69, 9.17) is 18.9 Å². The Labute approximate surface area is 211 Å². The molecule has 37 heavy (non-hydrogen) atoms. The van der Waals surface area contributed by atoms with Crippen LogP contribution in [0.4, 0.5) is 14.9 Å². The number of nitrogens with zero attached hydrogens (tertiary/aromatic N) is 3. The average molecular weight is 503 g/mol. The van der Waals surface area contributed by atoms with Gasteiger partial charge >= 0.3 is 6.03 Å². The van der Waals surface area contributed by atoms with Gasteiger partial charge in [-0.05, 0) is 55.5 Å². The number of benzene rings is 3. The SMILES string of the molecule is COc1ccc(NC(=O)n2c(C)cc3c(F)c(Oc4ncnc5cc(OC)c(OC)cc45)ccc32)cc1. The highest BCUT2D eigenvalue weighted by atomic mass is 19.1. The summed E-state index contributed by atoms with van der Waals surface area (Å²) in [4.78, 5) is 21.5. The van der Waals surface area contributed by atoms with Gasteiger partial charge in [0.2, 0.25) is 5.88 Å². The van der Waals surface area contributed by atoms with Crippen LogP contribution in [0.15, 0.2) is 60.9 Å². The molecular formula is C27H23FN4O5. The third-order valence-corrected chi connectivity index (χ3v) is 5.92. The molecule has 0 aliphatic carbocycles. The molecule has 0 aliphatic heterocycles. The molecule has 0 bridgehead atoms. The molecule has 0 atom stereocenters. The van der Waals surface area contributed by atoms with Crippen molar-refractivity contribution in [2.75, 3.05) is 26.6 Å². The molecule has 0 spiro atoms. The van der Waals surface area contributed by atoms with Crippen LogP contribution in [0.2, 0.25) is 0 Å². The van der Waals surface area contributed by atoms with E-state index in [2.05, 4.69) is 15.3 Å². The van der Waals surface area contributed by atoms with Crippen LogP contribution in [0.5, 0.6) is 28.9 Å². The Bertz CT molecular complexity index is 1630. The molecule has 5 aromatic rings. The normalized spacial score (nSPS) is 10.9. The summed E-state index contributed by atoms with van der Waals surface area (Å²) in [6.45, 7) is 1.73. The number of amides is 1. The minimum Gasteiger partial charge on any atom is -0.497 e. The maximum absolute atomic E-state index is 15.6. The highest BCUT2D eigenvalue weighted by Crippen LogP contribution is 2.37. The number of halogens is 1. The summed E-state index contributed by atoms with van der Waals surface area (Å²) in [7, 11) is 4.61. The topological polar surface area (TPSA) is 96.7 Å². The molecule has 0 radical (unpaired) electrons. The van der Waals surface area contributed by atoms with Gasteiger partial charge in [0.1, 0.15) is 12.1 Å². The number of carbonyl (C=O) groups is 1. The average Bonchev–Trinajstić information content (AvgIpc) is 3.26. The van der Waals surface area contributed by atoms with Gasteiger partial charge in [-0.15, -0.1) is 0 Å². The minimum atomic E-state index is -0.621. The van der Waals surface area contributed by atoms with Gasteiger partial charge in [-0.2, -0.15) is 0 Å². The summed E-state index contributed by atoms with van der Waals surface area (Å²) in [5.41, 5.74) is 2.07. The molecular weight excluding hydrogens is 479 g/mol. The first-order valence-corrected chi connectivity index (χ1v) is 11.2. The number of nitrogens with one attached hydrogen (secondary N) is 1. The standard InChI is InChI=1S/C27H23FN4O5/c1-15-11-19-21(32(15)27(33)31-16-5-7-17(34-2)8-6-16)9-10-22(25(19)28)37-26-18-12-23(35-3)24(36-4)13-20(18)29-14-30-26/h5-14H,1-4H3,(H,31,33). The number of rotatable bonds is 6. The van der Waals surface area contributed by atoms with Crippen molar-refractivity contribution < 1.29 is 28.1 Å². The van der Waals surface area contributed by atoms with Gasteiger partial charge in [0.15, 0.2) is 23.1 Å². The van der Waals surface area contributed by atoms with E-state index in [9.17, 15) is 4.79 Å². The number of aromatic nitrogens is 3. The Hall–Kier alpha value is -4.86. The van der Waals surface area contributed by atoms with Gasteiger partial charge in [0.05, 0.1) is 37.7 Å². The maximum atomic E-state index is 15.6. The first-order valence-electron chi connectivity index (χ1n) is 11.2. The fourth-order valence-corrected chi connectivity index (χ4v) is 4.11. The second-order valence-corrected chi connectivity index (χ2v) is 8.10. The number of ether oxygens (including phenoxy) is 4. The molecule has 1 N–H and O–H groups in total. The smallest absolute Gasteiger partial charge is 0.330 e. The number of methoxy groups -OCH3 is 3. The highest BCUT2D eigenvalue weighted by molar-refractivity contribution is 6.00. The van der Waals surface area contributed by atoms with E-state index in [0.29, 0.717) is 45.0 Å². The lowest BCUT2D eigenvalue weighted by molar-refractivity contribution is 0.254. The van der Waals surface area contributed by atoms with Crippen molar-refractivity contribution in [1.82, 2.24) is 14.5 Å². The molecule has 1 amide bonds. The largest absolute Gasteiger partial charge is 0.497 e. The summed E-state index contributed by atoms with van der Waals surface area (Å²) in [5.74, 6) is 1.11. The number of anilines is 1. The third-order valence-electron chi connectivity index (χ3n) is 5.92. The molecule has 9 nitrogen and oxygen atoms in total. The van der Waals surface area contributed by atoms with E-state index in [1.54, 1.807) is 62.6 Å². The first kappa shape index (κ1) is 23.9. The number of hydrogen-bond acceptors (Lipinski definition) is 7. The van der Waals surface area contributed by atoms with Crippen molar-refractivity contribution in [2.45, 2.75) is 6.92 Å². The summed E-state index contributed by atoms with van der Waals surface area (Å²) >= 11 is 0. The van der Waals surface area contributed by atoms with E-state index in [1.807, 2.05) is 0 Å². The minimum absolute atomic E-state index is 0.0463. The van der Waals surface area contributed by atoms with E-state index in [1.165, 1.54) is 31.2 Å². The molecule has 0 saturated heterocycles. The lowest BCUT2D eigenvalue weighted by Gasteiger charge is -2.12. The molecule has 5 rings (SSSR count). The number of carbonyl (C=O) groups excluding carboxylic acids is 1. The molecule has 2 aromatic heterocycles. The van der Waals surface area contributed by atoms with Crippen LogP contribution in [-0.4, -0.2) is 41.9 Å². The summed E-state index contributed by atoms with van der Waals surface area (Å²) < 4.78 is 38.7. The molecule has 3 aromatic carbocycles. The highest BCUT2D eigenvalue weighted by Gasteiger charge is 2.20. The van der Waals surface area contributed by atoms with E-state index >= 15 is 4.39 Å². The predicted octanol–water partition coefficient (Wildman–Crippen LogP) is 5.93. The van der Waals surface area contributed by atoms with E-state index in [0.717, 1.165) is 0 Å².